The van der Waals surface area contributed by atoms with E-state index in [1.807, 2.05) is 5.38 Å². The van der Waals surface area contributed by atoms with Crippen molar-refractivity contribution in [3.05, 3.63) is 45.8 Å². The number of thiazole rings is 1. The molecule has 1 aliphatic heterocycles. The smallest absolute Gasteiger partial charge is 0.263 e. The molecule has 0 aliphatic carbocycles. The molecular formula is C14H16N4O2S. The molecule has 2 aromatic heterocycles. The number of carbonyl (C=O) groups is 1. The lowest BCUT2D eigenvalue weighted by atomic mass is 10.2. The van der Waals surface area contributed by atoms with Crippen LogP contribution in [0.4, 0.5) is 5.13 Å². The summed E-state index contributed by atoms with van der Waals surface area (Å²) < 4.78 is 1.41. The summed E-state index contributed by atoms with van der Waals surface area (Å²) in [4.78, 5) is 30.6. The number of nitrogens with zero attached hydrogens (tertiary/aromatic N) is 3. The van der Waals surface area contributed by atoms with Gasteiger partial charge in [-0.1, -0.05) is 0 Å². The molecule has 0 radical (unpaired) electrons. The van der Waals surface area contributed by atoms with Crippen molar-refractivity contribution in [3.63, 3.8) is 0 Å². The fourth-order valence-electron chi connectivity index (χ4n) is 2.46. The zero-order valence-corrected chi connectivity index (χ0v) is 12.5. The fraction of sp³-hybridized carbons (Fsp3) is 0.357. The van der Waals surface area contributed by atoms with Gasteiger partial charge in [-0.3, -0.25) is 9.59 Å². The second-order valence-corrected chi connectivity index (χ2v) is 5.93. The van der Waals surface area contributed by atoms with Crippen LogP contribution in [0, 0.1) is 0 Å². The number of hydrogen-bond acceptors (Lipinski definition) is 5. The molecule has 3 heterocycles. The minimum atomic E-state index is -0.304. The summed E-state index contributed by atoms with van der Waals surface area (Å²) in [5, 5.41) is 5.85. The third-order valence-electron chi connectivity index (χ3n) is 3.58. The summed E-state index contributed by atoms with van der Waals surface area (Å²) in [5.74, 6) is -0.304. The number of rotatable bonds is 3. The van der Waals surface area contributed by atoms with Crippen LogP contribution in [0.1, 0.15) is 16.8 Å². The van der Waals surface area contributed by atoms with Crippen LogP contribution in [0.3, 0.4) is 0 Å². The van der Waals surface area contributed by atoms with Gasteiger partial charge in [-0.05, 0) is 18.6 Å². The Labute approximate surface area is 126 Å². The minimum Gasteiger partial charge on any atom is -0.347 e. The topological polar surface area (TPSA) is 67.2 Å². The summed E-state index contributed by atoms with van der Waals surface area (Å²) in [6.07, 6.45) is 4.27. The fourth-order valence-corrected chi connectivity index (χ4v) is 3.14. The Hall–Kier alpha value is -2.15. The van der Waals surface area contributed by atoms with Crippen LogP contribution in [0.5, 0.6) is 0 Å². The van der Waals surface area contributed by atoms with Gasteiger partial charge in [0.25, 0.3) is 11.5 Å². The molecule has 0 spiro atoms. The first-order valence-electron chi connectivity index (χ1n) is 6.76. The Morgan fingerprint density at radius 3 is 3.14 bits per heavy atom. The van der Waals surface area contributed by atoms with E-state index in [2.05, 4.69) is 15.2 Å². The third kappa shape index (κ3) is 2.82. The van der Waals surface area contributed by atoms with Crippen molar-refractivity contribution in [2.45, 2.75) is 12.5 Å². The van der Waals surface area contributed by atoms with Crippen LogP contribution in [-0.4, -0.2) is 34.6 Å². The molecule has 21 heavy (non-hydrogen) atoms. The highest BCUT2D eigenvalue weighted by Gasteiger charge is 2.26. The van der Waals surface area contributed by atoms with E-state index in [1.165, 1.54) is 4.57 Å². The van der Waals surface area contributed by atoms with E-state index < -0.39 is 0 Å². The van der Waals surface area contributed by atoms with Crippen molar-refractivity contribution in [3.8, 4) is 0 Å². The number of carbonyl (C=O) groups excluding carboxylic acids is 1. The molecule has 3 rings (SSSR count). The molecule has 1 unspecified atom stereocenters. The van der Waals surface area contributed by atoms with E-state index >= 15 is 0 Å². The van der Waals surface area contributed by atoms with Crippen molar-refractivity contribution < 1.29 is 4.79 Å². The molecular weight excluding hydrogens is 288 g/mol. The molecule has 0 saturated carbocycles. The van der Waals surface area contributed by atoms with E-state index in [0.29, 0.717) is 0 Å². The van der Waals surface area contributed by atoms with Gasteiger partial charge in [-0.15, -0.1) is 11.3 Å². The predicted molar refractivity (Wildman–Crippen MR) is 81.9 cm³/mol. The standard InChI is InChI=1S/C14H16N4O2S/c1-17-6-2-3-11(13(17)20)12(19)16-10-4-7-18(9-10)14-15-5-8-21-14/h2-3,5-6,8,10H,4,7,9H2,1H3,(H,16,19). The Bertz CT molecular complexity index is 695. The number of anilines is 1. The molecule has 1 aliphatic rings. The molecule has 1 N–H and O–H groups in total. The van der Waals surface area contributed by atoms with Crippen molar-refractivity contribution >= 4 is 22.4 Å². The monoisotopic (exact) mass is 304 g/mol. The second-order valence-electron chi connectivity index (χ2n) is 5.06. The number of pyridine rings is 1. The van der Waals surface area contributed by atoms with Crippen LogP contribution in [0.25, 0.3) is 0 Å². The Kier molecular flexibility index (Phi) is 3.74. The SMILES string of the molecule is Cn1cccc(C(=O)NC2CCN(c3nccs3)C2)c1=O. The highest BCUT2D eigenvalue weighted by atomic mass is 32.1. The first-order valence-corrected chi connectivity index (χ1v) is 7.64. The quantitative estimate of drug-likeness (QED) is 0.913. The van der Waals surface area contributed by atoms with Crippen LogP contribution < -0.4 is 15.8 Å². The number of hydrogen-bond donors (Lipinski definition) is 1. The molecule has 0 aromatic carbocycles. The maximum Gasteiger partial charge on any atom is 0.263 e. The van der Waals surface area contributed by atoms with Gasteiger partial charge in [0.05, 0.1) is 0 Å². The summed E-state index contributed by atoms with van der Waals surface area (Å²) in [6, 6.07) is 3.31. The van der Waals surface area contributed by atoms with Gasteiger partial charge in [0, 0.05) is 44.0 Å². The molecule has 7 heteroatoms. The number of amides is 1. The van der Waals surface area contributed by atoms with Gasteiger partial charge >= 0.3 is 0 Å². The van der Waals surface area contributed by atoms with Crippen molar-refractivity contribution in [2.75, 3.05) is 18.0 Å². The average Bonchev–Trinajstić information content (AvgIpc) is 3.12. The van der Waals surface area contributed by atoms with Gasteiger partial charge in [-0.25, -0.2) is 4.98 Å². The zero-order chi connectivity index (χ0) is 14.8. The van der Waals surface area contributed by atoms with Gasteiger partial charge in [-0.2, -0.15) is 0 Å². The largest absolute Gasteiger partial charge is 0.347 e. The Balaban J connectivity index is 1.66. The molecule has 1 fully saturated rings. The van der Waals surface area contributed by atoms with Crippen LogP contribution in [-0.2, 0) is 7.05 Å². The van der Waals surface area contributed by atoms with Gasteiger partial charge in [0.15, 0.2) is 5.13 Å². The van der Waals surface area contributed by atoms with E-state index in [-0.39, 0.29) is 23.1 Å². The lowest BCUT2D eigenvalue weighted by Crippen LogP contribution is -2.40. The van der Waals surface area contributed by atoms with Crippen LogP contribution in [0.15, 0.2) is 34.7 Å². The van der Waals surface area contributed by atoms with E-state index in [0.717, 1.165) is 24.6 Å². The first-order chi connectivity index (χ1) is 10.1. The molecule has 2 aromatic rings. The molecule has 0 bridgehead atoms. The molecule has 110 valence electrons. The van der Waals surface area contributed by atoms with Crippen molar-refractivity contribution in [1.82, 2.24) is 14.9 Å². The lowest BCUT2D eigenvalue weighted by molar-refractivity contribution is 0.0938. The van der Waals surface area contributed by atoms with Crippen LogP contribution in [0.2, 0.25) is 0 Å². The van der Waals surface area contributed by atoms with Crippen LogP contribution >= 0.6 is 11.3 Å². The summed E-state index contributed by atoms with van der Waals surface area (Å²) >= 11 is 1.59. The van der Waals surface area contributed by atoms with Gasteiger partial charge < -0.3 is 14.8 Å². The number of aryl methyl sites for hydroxylation is 1. The first kappa shape index (κ1) is 13.8. The Morgan fingerprint density at radius 1 is 1.52 bits per heavy atom. The molecule has 6 nitrogen and oxygen atoms in total. The highest BCUT2D eigenvalue weighted by molar-refractivity contribution is 7.13. The van der Waals surface area contributed by atoms with E-state index in [1.54, 1.807) is 42.9 Å². The normalized spacial score (nSPS) is 18.0. The zero-order valence-electron chi connectivity index (χ0n) is 11.7. The maximum absolute atomic E-state index is 12.2. The second kappa shape index (κ2) is 5.69. The molecule has 1 atom stereocenters. The summed E-state index contributed by atoms with van der Waals surface area (Å²) in [5.41, 5.74) is -0.0857. The highest BCUT2D eigenvalue weighted by Crippen LogP contribution is 2.22. The maximum atomic E-state index is 12.2. The van der Waals surface area contributed by atoms with Crippen molar-refractivity contribution in [1.29, 1.82) is 0 Å². The molecule has 1 saturated heterocycles. The molecule has 1 amide bonds. The van der Waals surface area contributed by atoms with E-state index in [9.17, 15) is 9.59 Å². The van der Waals surface area contributed by atoms with E-state index in [4.69, 9.17) is 0 Å². The predicted octanol–water partition coefficient (Wildman–Crippen LogP) is 0.850. The Morgan fingerprint density at radius 2 is 2.38 bits per heavy atom. The summed E-state index contributed by atoms with van der Waals surface area (Å²) in [7, 11) is 1.64. The third-order valence-corrected chi connectivity index (χ3v) is 4.41. The minimum absolute atomic E-state index is 0.0475. The van der Waals surface area contributed by atoms with Crippen molar-refractivity contribution in [2.24, 2.45) is 7.05 Å². The lowest BCUT2D eigenvalue weighted by Gasteiger charge is -2.15. The van der Waals surface area contributed by atoms with Gasteiger partial charge in [0.1, 0.15) is 5.56 Å². The number of nitrogens with one attached hydrogen (secondary N) is 1. The summed E-state index contributed by atoms with van der Waals surface area (Å²) in [6.45, 7) is 1.59. The number of aromatic nitrogens is 2. The van der Waals surface area contributed by atoms with Gasteiger partial charge in [0.2, 0.25) is 0 Å². The average molecular weight is 304 g/mol.